The standard InChI is InChI=1S/C21H26ClN7O2/c1-25-9-15-8-16(22)2-3-17(15)29-18(10-25)23-24-19(29)27-11-21(12-27)13-28(14-21)20(30)26-4-6-31-7-5-26/h2-3,8H,4-7,9-14H2,1H3. The Hall–Kier alpha value is -2.36. The molecule has 1 aromatic heterocycles. The van der Waals surface area contributed by atoms with Crippen molar-refractivity contribution in [1.29, 1.82) is 0 Å². The summed E-state index contributed by atoms with van der Waals surface area (Å²) in [6.07, 6.45) is 0. The van der Waals surface area contributed by atoms with Crippen molar-refractivity contribution in [3.8, 4) is 5.69 Å². The Morgan fingerprint density at radius 3 is 2.61 bits per heavy atom. The molecule has 4 aliphatic rings. The summed E-state index contributed by atoms with van der Waals surface area (Å²) < 4.78 is 7.54. The number of carbonyl (C=O) groups is 1. The van der Waals surface area contributed by atoms with Crippen LogP contribution >= 0.6 is 11.6 Å². The van der Waals surface area contributed by atoms with Gasteiger partial charge in [-0.05, 0) is 30.8 Å². The van der Waals surface area contributed by atoms with Crippen molar-refractivity contribution < 1.29 is 9.53 Å². The summed E-state index contributed by atoms with van der Waals surface area (Å²) in [4.78, 5) is 21.1. The molecule has 0 saturated carbocycles. The van der Waals surface area contributed by atoms with E-state index < -0.39 is 0 Å². The number of nitrogens with zero attached hydrogens (tertiary/aromatic N) is 7. The van der Waals surface area contributed by atoms with Crippen molar-refractivity contribution in [2.45, 2.75) is 13.1 Å². The normalized spacial score (nSPS) is 22.5. The van der Waals surface area contributed by atoms with Gasteiger partial charge >= 0.3 is 6.03 Å². The molecule has 5 heterocycles. The maximum Gasteiger partial charge on any atom is 0.320 e. The van der Waals surface area contributed by atoms with Crippen LogP contribution in [0.4, 0.5) is 10.7 Å². The molecule has 9 nitrogen and oxygen atoms in total. The Morgan fingerprint density at radius 2 is 1.84 bits per heavy atom. The van der Waals surface area contributed by atoms with Crippen LogP contribution in [0.3, 0.4) is 0 Å². The van der Waals surface area contributed by atoms with E-state index in [1.165, 1.54) is 5.56 Å². The van der Waals surface area contributed by atoms with Gasteiger partial charge in [0, 0.05) is 56.3 Å². The molecule has 0 N–H and O–H groups in total. The first-order valence-electron chi connectivity index (χ1n) is 10.8. The van der Waals surface area contributed by atoms with Crippen LogP contribution in [0.5, 0.6) is 0 Å². The second-order valence-electron chi connectivity index (χ2n) is 9.29. The number of hydrogen-bond acceptors (Lipinski definition) is 6. The van der Waals surface area contributed by atoms with E-state index in [-0.39, 0.29) is 11.4 Å². The van der Waals surface area contributed by atoms with Gasteiger partial charge in [-0.1, -0.05) is 11.6 Å². The molecule has 1 aromatic carbocycles. The first kappa shape index (κ1) is 19.3. The second kappa shape index (κ2) is 7.08. The molecular formula is C21H26ClN7O2. The maximum absolute atomic E-state index is 12.7. The second-order valence-corrected chi connectivity index (χ2v) is 9.73. The molecular weight excluding hydrogens is 418 g/mol. The quantitative estimate of drug-likeness (QED) is 0.664. The van der Waals surface area contributed by atoms with Crippen molar-refractivity contribution in [2.75, 3.05) is 64.4 Å². The molecule has 0 aliphatic carbocycles. The number of rotatable bonds is 1. The largest absolute Gasteiger partial charge is 0.378 e. The van der Waals surface area contributed by atoms with Gasteiger partial charge in [0.25, 0.3) is 0 Å². The lowest BCUT2D eigenvalue weighted by Crippen LogP contribution is -2.74. The third kappa shape index (κ3) is 3.18. The van der Waals surface area contributed by atoms with Crippen LogP contribution in [0.2, 0.25) is 5.02 Å². The van der Waals surface area contributed by atoms with Gasteiger partial charge < -0.3 is 19.4 Å². The summed E-state index contributed by atoms with van der Waals surface area (Å²) in [6, 6.07) is 6.18. The SMILES string of the molecule is CN1Cc2cc(Cl)ccc2-n2c(nnc2N2CC3(CN(C(=O)N4CCOCC4)C3)C2)C1. The molecule has 31 heavy (non-hydrogen) atoms. The summed E-state index contributed by atoms with van der Waals surface area (Å²) in [5, 5.41) is 9.79. The highest BCUT2D eigenvalue weighted by Gasteiger charge is 2.55. The van der Waals surface area contributed by atoms with E-state index in [1.54, 1.807) is 0 Å². The zero-order valence-electron chi connectivity index (χ0n) is 17.6. The van der Waals surface area contributed by atoms with E-state index in [4.69, 9.17) is 16.3 Å². The summed E-state index contributed by atoms with van der Waals surface area (Å²) >= 11 is 6.27. The Kier molecular flexibility index (Phi) is 4.42. The van der Waals surface area contributed by atoms with Crippen molar-refractivity contribution in [1.82, 2.24) is 29.5 Å². The average Bonchev–Trinajstić information content (AvgIpc) is 3.03. The molecule has 0 bridgehead atoms. The van der Waals surface area contributed by atoms with Gasteiger partial charge in [0.1, 0.15) is 0 Å². The van der Waals surface area contributed by atoms with E-state index in [2.05, 4.69) is 37.7 Å². The van der Waals surface area contributed by atoms with Gasteiger partial charge in [-0.25, -0.2) is 4.79 Å². The van der Waals surface area contributed by atoms with Gasteiger partial charge in [0.15, 0.2) is 5.82 Å². The lowest BCUT2D eigenvalue weighted by molar-refractivity contribution is -0.0185. The molecule has 164 valence electrons. The smallest absolute Gasteiger partial charge is 0.320 e. The topological polar surface area (TPSA) is 70.0 Å². The van der Waals surface area contributed by atoms with Gasteiger partial charge in [0.2, 0.25) is 5.95 Å². The van der Waals surface area contributed by atoms with Gasteiger partial charge in [-0.3, -0.25) is 9.47 Å². The number of fused-ring (bicyclic) bond motifs is 3. The number of morpholine rings is 1. The summed E-state index contributed by atoms with van der Waals surface area (Å²) in [7, 11) is 2.09. The zero-order chi connectivity index (χ0) is 21.2. The average molecular weight is 444 g/mol. The van der Waals surface area contributed by atoms with E-state index in [1.807, 2.05) is 21.9 Å². The highest BCUT2D eigenvalue weighted by atomic mass is 35.5. The highest BCUT2D eigenvalue weighted by Crippen LogP contribution is 2.43. The summed E-state index contributed by atoms with van der Waals surface area (Å²) in [5.41, 5.74) is 2.46. The first-order chi connectivity index (χ1) is 15.0. The predicted molar refractivity (Wildman–Crippen MR) is 116 cm³/mol. The molecule has 2 aromatic rings. The molecule has 2 amide bonds. The monoisotopic (exact) mass is 443 g/mol. The fourth-order valence-corrected chi connectivity index (χ4v) is 5.50. The van der Waals surface area contributed by atoms with E-state index in [0.29, 0.717) is 26.3 Å². The Labute approximate surface area is 186 Å². The van der Waals surface area contributed by atoms with Gasteiger partial charge in [-0.2, -0.15) is 0 Å². The lowest BCUT2D eigenvalue weighted by Gasteiger charge is -2.60. The number of halogens is 1. The molecule has 4 aliphatic heterocycles. The number of carbonyl (C=O) groups excluding carboxylic acids is 1. The van der Waals surface area contributed by atoms with Crippen LogP contribution < -0.4 is 4.90 Å². The van der Waals surface area contributed by atoms with Crippen LogP contribution in [-0.2, 0) is 17.8 Å². The number of likely N-dealkylation sites (tertiary alicyclic amines) is 1. The first-order valence-corrected chi connectivity index (χ1v) is 11.2. The fraction of sp³-hybridized carbons (Fsp3) is 0.571. The lowest BCUT2D eigenvalue weighted by atomic mass is 9.73. The predicted octanol–water partition coefficient (Wildman–Crippen LogP) is 1.44. The molecule has 6 rings (SSSR count). The zero-order valence-corrected chi connectivity index (χ0v) is 18.4. The minimum absolute atomic E-state index is 0.151. The maximum atomic E-state index is 12.7. The Bertz CT molecular complexity index is 1020. The van der Waals surface area contributed by atoms with Crippen LogP contribution in [0.1, 0.15) is 11.4 Å². The Morgan fingerprint density at radius 1 is 1.06 bits per heavy atom. The van der Waals surface area contributed by atoms with Gasteiger partial charge in [0.05, 0.1) is 25.4 Å². The van der Waals surface area contributed by atoms with Crippen molar-refractivity contribution in [3.05, 3.63) is 34.6 Å². The molecule has 0 unspecified atom stereocenters. The molecule has 10 heteroatoms. The molecule has 0 atom stereocenters. The fourth-order valence-electron chi connectivity index (χ4n) is 5.31. The van der Waals surface area contributed by atoms with Crippen molar-refractivity contribution >= 4 is 23.6 Å². The number of ether oxygens (including phenoxy) is 1. The minimum atomic E-state index is 0.151. The number of anilines is 1. The number of urea groups is 1. The number of benzene rings is 1. The van der Waals surface area contributed by atoms with Crippen LogP contribution in [0, 0.1) is 5.41 Å². The number of aromatic nitrogens is 3. The van der Waals surface area contributed by atoms with E-state index >= 15 is 0 Å². The molecule has 3 saturated heterocycles. The Balaban J connectivity index is 1.18. The summed E-state index contributed by atoms with van der Waals surface area (Å²) in [5.74, 6) is 1.83. The van der Waals surface area contributed by atoms with Gasteiger partial charge in [-0.15, -0.1) is 10.2 Å². The molecule has 3 fully saturated rings. The van der Waals surface area contributed by atoms with Crippen LogP contribution in [-0.4, -0.2) is 95.0 Å². The van der Waals surface area contributed by atoms with Crippen molar-refractivity contribution in [3.63, 3.8) is 0 Å². The van der Waals surface area contributed by atoms with Crippen LogP contribution in [0.15, 0.2) is 18.2 Å². The molecule has 1 spiro atoms. The van der Waals surface area contributed by atoms with Crippen molar-refractivity contribution in [2.24, 2.45) is 5.41 Å². The van der Waals surface area contributed by atoms with Crippen LogP contribution in [0.25, 0.3) is 5.69 Å². The number of hydrogen-bond donors (Lipinski definition) is 0. The number of amides is 2. The van der Waals surface area contributed by atoms with E-state index in [9.17, 15) is 4.79 Å². The third-order valence-electron chi connectivity index (χ3n) is 6.79. The minimum Gasteiger partial charge on any atom is -0.378 e. The highest BCUT2D eigenvalue weighted by molar-refractivity contribution is 6.30. The molecule has 0 radical (unpaired) electrons. The van der Waals surface area contributed by atoms with E-state index in [0.717, 1.165) is 61.8 Å². The summed E-state index contributed by atoms with van der Waals surface area (Å²) in [6.45, 7) is 7.65. The third-order valence-corrected chi connectivity index (χ3v) is 7.02.